The molecule has 0 nitrogen and oxygen atoms in total. The molecule has 0 aliphatic carbocycles. The SMILES string of the molecule is C=CC.Cl.[AlH3]. The van der Waals surface area contributed by atoms with Crippen LogP contribution in [0.15, 0.2) is 12.7 Å². The van der Waals surface area contributed by atoms with Gasteiger partial charge in [0, 0.05) is 0 Å². The molecule has 0 N–H and O–H groups in total. The number of hydrogen-bond acceptors (Lipinski definition) is 0. The van der Waals surface area contributed by atoms with E-state index in [1.807, 2.05) is 6.92 Å². The predicted octanol–water partition coefficient (Wildman–Crippen LogP) is 0.430. The highest BCUT2D eigenvalue weighted by Crippen LogP contribution is 1.38. The van der Waals surface area contributed by atoms with Crippen LogP contribution in [0.1, 0.15) is 6.92 Å². The lowest BCUT2D eigenvalue weighted by atomic mass is 10.8. The number of allylic oxidation sites excluding steroid dienone is 1. The van der Waals surface area contributed by atoms with Gasteiger partial charge >= 0.3 is 0 Å². The first kappa shape index (κ1) is 17.6. The highest BCUT2D eigenvalue weighted by molar-refractivity contribution is 5.85. The lowest BCUT2D eigenvalue weighted by molar-refractivity contribution is 1.80. The average molecular weight is 109 g/mol. The van der Waals surface area contributed by atoms with Crippen molar-refractivity contribution in [1.29, 1.82) is 0 Å². The third kappa shape index (κ3) is 94.7. The highest BCUT2D eigenvalue weighted by Gasteiger charge is 1.15. The summed E-state index contributed by atoms with van der Waals surface area (Å²) in [4.78, 5) is 0. The Morgan fingerprint density at radius 1 is 1.60 bits per heavy atom. The van der Waals surface area contributed by atoms with Crippen LogP contribution in [0.5, 0.6) is 0 Å². The summed E-state index contributed by atoms with van der Waals surface area (Å²) in [6.07, 6.45) is 1.75. The van der Waals surface area contributed by atoms with Crippen LogP contribution >= 0.6 is 12.4 Å². The van der Waals surface area contributed by atoms with E-state index in [1.165, 1.54) is 0 Å². The summed E-state index contributed by atoms with van der Waals surface area (Å²) in [6.45, 7) is 5.25. The normalized spacial score (nSPS) is 2.60. The van der Waals surface area contributed by atoms with E-state index in [9.17, 15) is 0 Å². The summed E-state index contributed by atoms with van der Waals surface area (Å²) in [5.74, 6) is 0. The minimum absolute atomic E-state index is 0. The third-order valence-electron chi connectivity index (χ3n) is 0. The molecule has 0 aromatic carbocycles. The van der Waals surface area contributed by atoms with Crippen molar-refractivity contribution in [2.45, 2.75) is 6.92 Å². The maximum Gasteiger partial charge on any atom is 0.187 e. The van der Waals surface area contributed by atoms with Gasteiger partial charge in [0.2, 0.25) is 0 Å². The summed E-state index contributed by atoms with van der Waals surface area (Å²) in [6, 6.07) is 0. The van der Waals surface area contributed by atoms with Crippen molar-refractivity contribution in [3.63, 3.8) is 0 Å². The number of rotatable bonds is 0. The van der Waals surface area contributed by atoms with Crippen molar-refractivity contribution in [2.75, 3.05) is 0 Å². The minimum atomic E-state index is 0. The molecule has 5 heavy (non-hydrogen) atoms. The van der Waals surface area contributed by atoms with Gasteiger partial charge < -0.3 is 0 Å². The zero-order valence-electron chi connectivity index (χ0n) is 2.69. The third-order valence-corrected chi connectivity index (χ3v) is 0. The molecule has 0 saturated carbocycles. The zero-order valence-corrected chi connectivity index (χ0v) is 3.51. The smallest absolute Gasteiger partial charge is 0.147 e. The van der Waals surface area contributed by atoms with Crippen LogP contribution in [0.25, 0.3) is 0 Å². The molecule has 0 bridgehead atoms. The van der Waals surface area contributed by atoms with Gasteiger partial charge in [0.1, 0.15) is 0 Å². The second-order valence-electron chi connectivity index (χ2n) is 0.408. The van der Waals surface area contributed by atoms with Crippen molar-refractivity contribution >= 4 is 29.8 Å². The van der Waals surface area contributed by atoms with Gasteiger partial charge in [0.25, 0.3) is 0 Å². The lowest BCUT2D eigenvalue weighted by Crippen LogP contribution is -1.07. The molecule has 2 heteroatoms. The Bertz CT molecular complexity index is 14.4. The zero-order chi connectivity index (χ0) is 2.71. The van der Waals surface area contributed by atoms with Gasteiger partial charge in [0.05, 0.1) is 0 Å². The van der Waals surface area contributed by atoms with E-state index >= 15 is 0 Å². The molecule has 0 amide bonds. The van der Waals surface area contributed by atoms with Crippen LogP contribution in [0.2, 0.25) is 0 Å². The first-order chi connectivity index (χ1) is 1.41. The molecule has 0 atom stereocenters. The van der Waals surface area contributed by atoms with E-state index in [0.29, 0.717) is 0 Å². The maximum absolute atomic E-state index is 3.36. The van der Waals surface area contributed by atoms with Crippen LogP contribution in [-0.4, -0.2) is 17.4 Å². The Hall–Kier alpha value is 0.562. The summed E-state index contributed by atoms with van der Waals surface area (Å²) in [5, 5.41) is 0. The molecule has 0 spiro atoms. The van der Waals surface area contributed by atoms with E-state index in [1.54, 1.807) is 6.08 Å². The van der Waals surface area contributed by atoms with Crippen molar-refractivity contribution in [3.8, 4) is 0 Å². The Balaban J connectivity index is -0.0000000200. The largest absolute Gasteiger partial charge is 0.187 e. The fraction of sp³-hybridized carbons (Fsp3) is 0.333. The Kier molecular flexibility index (Phi) is 83.6. The molecule has 0 radical (unpaired) electrons. The van der Waals surface area contributed by atoms with Crippen molar-refractivity contribution in [3.05, 3.63) is 12.7 Å². The standard InChI is InChI=1S/C3H6.Al.ClH.3H/c1-3-2;;;;;/h3H,1H2,2H3;;1H;;;. The maximum atomic E-state index is 3.36. The van der Waals surface area contributed by atoms with Crippen molar-refractivity contribution in [2.24, 2.45) is 0 Å². The van der Waals surface area contributed by atoms with Gasteiger partial charge in [-0.05, 0) is 6.92 Å². The fourth-order valence-electron chi connectivity index (χ4n) is 0. The van der Waals surface area contributed by atoms with Crippen LogP contribution in [-0.2, 0) is 0 Å². The average Bonchev–Trinajstić information content (AvgIpc) is 0.918. The Morgan fingerprint density at radius 2 is 1.60 bits per heavy atom. The van der Waals surface area contributed by atoms with E-state index in [0.717, 1.165) is 0 Å². The van der Waals surface area contributed by atoms with E-state index in [-0.39, 0.29) is 29.8 Å². The van der Waals surface area contributed by atoms with E-state index < -0.39 is 0 Å². The molecule has 0 heterocycles. The molecule has 0 saturated heterocycles. The quantitative estimate of drug-likeness (QED) is 0.312. The van der Waals surface area contributed by atoms with Crippen molar-refractivity contribution < 1.29 is 0 Å². The molecule has 0 aliphatic rings. The highest BCUT2D eigenvalue weighted by atomic mass is 35.5. The topological polar surface area (TPSA) is 0 Å². The second kappa shape index (κ2) is 23.7. The molecule has 32 valence electrons. The van der Waals surface area contributed by atoms with Crippen LogP contribution in [0, 0.1) is 0 Å². The number of halogens is 1. The molecular weight excluding hydrogens is 98.5 g/mol. The monoisotopic (exact) mass is 108 g/mol. The van der Waals surface area contributed by atoms with Gasteiger partial charge in [0.15, 0.2) is 17.4 Å². The first-order valence-electron chi connectivity index (χ1n) is 0.986. The molecule has 0 fully saturated rings. The van der Waals surface area contributed by atoms with Gasteiger partial charge in [-0.3, -0.25) is 0 Å². The van der Waals surface area contributed by atoms with Crippen LogP contribution in [0.3, 0.4) is 0 Å². The second-order valence-corrected chi connectivity index (χ2v) is 0.408. The molecule has 0 aliphatic heterocycles. The molecular formula is C3H10AlCl. The molecule has 0 unspecified atom stereocenters. The van der Waals surface area contributed by atoms with E-state index in [4.69, 9.17) is 0 Å². The van der Waals surface area contributed by atoms with Gasteiger partial charge in [-0.15, -0.1) is 19.0 Å². The summed E-state index contributed by atoms with van der Waals surface area (Å²) < 4.78 is 0. The molecule has 0 rings (SSSR count). The molecule has 0 aromatic rings. The van der Waals surface area contributed by atoms with E-state index in [2.05, 4.69) is 6.58 Å². The molecule has 0 aromatic heterocycles. The minimum Gasteiger partial charge on any atom is -0.147 e. The van der Waals surface area contributed by atoms with Crippen LogP contribution < -0.4 is 0 Å². The number of hydrogen-bond donors (Lipinski definition) is 0. The summed E-state index contributed by atoms with van der Waals surface area (Å²) in [5.41, 5.74) is 0. The van der Waals surface area contributed by atoms with Crippen LogP contribution in [0.4, 0.5) is 0 Å². The Labute approximate surface area is 49.8 Å². The van der Waals surface area contributed by atoms with Gasteiger partial charge in [-0.2, -0.15) is 0 Å². The first-order valence-corrected chi connectivity index (χ1v) is 0.986. The fourth-order valence-corrected chi connectivity index (χ4v) is 0. The van der Waals surface area contributed by atoms with Crippen molar-refractivity contribution in [1.82, 2.24) is 0 Å². The Morgan fingerprint density at radius 3 is 1.60 bits per heavy atom. The van der Waals surface area contributed by atoms with Gasteiger partial charge in [-0.25, -0.2) is 0 Å². The van der Waals surface area contributed by atoms with Gasteiger partial charge in [-0.1, -0.05) is 6.08 Å². The summed E-state index contributed by atoms with van der Waals surface area (Å²) in [7, 11) is 0. The lowest BCUT2D eigenvalue weighted by Gasteiger charge is -1.31. The summed E-state index contributed by atoms with van der Waals surface area (Å²) >= 11 is 0. The predicted molar refractivity (Wildman–Crippen MR) is 33.1 cm³/mol.